The third-order valence-electron chi connectivity index (χ3n) is 7.09. The smallest absolute Gasteiger partial charge is 0.221 e. The summed E-state index contributed by atoms with van der Waals surface area (Å²) >= 11 is 5.43. The molecule has 0 radical (unpaired) electrons. The summed E-state index contributed by atoms with van der Waals surface area (Å²) in [6.07, 6.45) is 10.5. The third kappa shape index (κ3) is 5.23. The minimum Gasteiger partial charge on any atom is -0.497 e. The summed E-state index contributed by atoms with van der Waals surface area (Å²) in [5.41, 5.74) is 1.08. The van der Waals surface area contributed by atoms with Gasteiger partial charge in [0.2, 0.25) is 5.91 Å². The second-order valence-electron chi connectivity index (χ2n) is 9.09. The van der Waals surface area contributed by atoms with Crippen LogP contribution < -0.4 is 10.1 Å². The molecule has 2 heterocycles. The molecule has 1 aliphatic heterocycles. The topological polar surface area (TPSA) is 75.2 Å². The van der Waals surface area contributed by atoms with Crippen molar-refractivity contribution in [3.05, 3.63) is 29.0 Å². The molecule has 1 amide bonds. The molecule has 2 N–H and O–H groups in total. The van der Waals surface area contributed by atoms with Crippen LogP contribution in [0.25, 0.3) is 11.4 Å². The van der Waals surface area contributed by atoms with Gasteiger partial charge < -0.3 is 10.1 Å². The van der Waals surface area contributed by atoms with Gasteiger partial charge >= 0.3 is 0 Å². The first-order valence-electron chi connectivity index (χ1n) is 11.9. The number of likely N-dealkylation sites (tertiary alicyclic amines) is 1. The lowest BCUT2D eigenvalue weighted by Crippen LogP contribution is -2.58. The van der Waals surface area contributed by atoms with Gasteiger partial charge in [-0.2, -0.15) is 5.10 Å². The van der Waals surface area contributed by atoms with Crippen LogP contribution in [-0.4, -0.2) is 57.9 Å². The van der Waals surface area contributed by atoms with E-state index < -0.39 is 0 Å². The van der Waals surface area contributed by atoms with Crippen molar-refractivity contribution in [2.45, 2.75) is 69.9 Å². The standard InChI is InChI=1S/C24H35N5O2S/c1-31-20-10-8-19(9-11-20)22-26-27-23(32)29(22)17-12-21(30)25-18-24(13-4-2-5-14-24)28-15-6-3-7-16-28/h8-11H,2-7,12-18H2,1H3,(H,25,30)(H,27,32). The Morgan fingerprint density at radius 2 is 1.81 bits per heavy atom. The van der Waals surface area contributed by atoms with E-state index in [9.17, 15) is 4.79 Å². The Morgan fingerprint density at radius 1 is 1.12 bits per heavy atom. The minimum absolute atomic E-state index is 0.0794. The highest BCUT2D eigenvalue weighted by Gasteiger charge is 2.38. The molecule has 8 heteroatoms. The van der Waals surface area contributed by atoms with Gasteiger partial charge in [0, 0.05) is 30.6 Å². The average molecular weight is 458 g/mol. The Hall–Kier alpha value is -2.19. The molecule has 1 aromatic carbocycles. The summed E-state index contributed by atoms with van der Waals surface area (Å²) in [4.78, 5) is 15.5. The van der Waals surface area contributed by atoms with E-state index in [0.717, 1.165) is 23.7 Å². The Kier molecular flexibility index (Phi) is 7.63. The van der Waals surface area contributed by atoms with Crippen LogP contribution in [0.4, 0.5) is 0 Å². The number of benzene rings is 1. The fraction of sp³-hybridized carbons (Fsp3) is 0.625. The molecule has 0 atom stereocenters. The molecular weight excluding hydrogens is 422 g/mol. The number of aromatic nitrogens is 3. The van der Waals surface area contributed by atoms with Gasteiger partial charge in [-0.1, -0.05) is 25.7 Å². The first-order valence-corrected chi connectivity index (χ1v) is 12.3. The van der Waals surface area contributed by atoms with E-state index in [-0.39, 0.29) is 11.4 Å². The van der Waals surface area contributed by atoms with Crippen LogP contribution in [0.2, 0.25) is 0 Å². The van der Waals surface area contributed by atoms with Gasteiger partial charge in [0.05, 0.1) is 7.11 Å². The summed E-state index contributed by atoms with van der Waals surface area (Å²) in [5.74, 6) is 1.61. The highest BCUT2D eigenvalue weighted by atomic mass is 32.1. The number of methoxy groups -OCH3 is 1. The molecule has 0 unspecified atom stereocenters. The first-order chi connectivity index (χ1) is 15.6. The normalized spacial score (nSPS) is 18.9. The molecule has 174 valence electrons. The van der Waals surface area contributed by atoms with Crippen molar-refractivity contribution in [2.75, 3.05) is 26.7 Å². The van der Waals surface area contributed by atoms with Crippen LogP contribution in [0.15, 0.2) is 24.3 Å². The fourth-order valence-electron chi connectivity index (χ4n) is 5.23. The van der Waals surface area contributed by atoms with Gasteiger partial charge in [-0.15, -0.1) is 0 Å². The van der Waals surface area contributed by atoms with E-state index >= 15 is 0 Å². The Balaban J connectivity index is 1.37. The van der Waals surface area contributed by atoms with Crippen molar-refractivity contribution in [3.8, 4) is 17.1 Å². The number of carbonyl (C=O) groups is 1. The summed E-state index contributed by atoms with van der Waals surface area (Å²) in [6.45, 7) is 3.60. The molecule has 0 bridgehead atoms. The van der Waals surface area contributed by atoms with E-state index in [0.29, 0.717) is 17.7 Å². The fourth-order valence-corrected chi connectivity index (χ4v) is 5.46. The summed E-state index contributed by atoms with van der Waals surface area (Å²) < 4.78 is 7.67. The van der Waals surface area contributed by atoms with Crippen molar-refractivity contribution >= 4 is 18.1 Å². The average Bonchev–Trinajstić information content (AvgIpc) is 3.22. The van der Waals surface area contributed by atoms with Gasteiger partial charge in [0.15, 0.2) is 10.6 Å². The molecule has 4 rings (SSSR count). The van der Waals surface area contributed by atoms with Gasteiger partial charge in [0.25, 0.3) is 0 Å². The molecule has 2 fully saturated rings. The maximum atomic E-state index is 12.8. The van der Waals surface area contributed by atoms with Crippen LogP contribution >= 0.6 is 12.2 Å². The van der Waals surface area contributed by atoms with E-state index in [1.165, 1.54) is 64.5 Å². The molecule has 1 saturated heterocycles. The molecule has 2 aromatic rings. The van der Waals surface area contributed by atoms with E-state index in [4.69, 9.17) is 17.0 Å². The summed E-state index contributed by atoms with van der Waals surface area (Å²) in [7, 11) is 1.65. The lowest BCUT2D eigenvalue weighted by molar-refractivity contribution is -0.122. The second-order valence-corrected chi connectivity index (χ2v) is 9.48. The molecule has 7 nitrogen and oxygen atoms in total. The molecule has 1 aromatic heterocycles. The first kappa shape index (κ1) is 23.0. The van der Waals surface area contributed by atoms with Crippen LogP contribution in [0.1, 0.15) is 57.8 Å². The van der Waals surface area contributed by atoms with Crippen molar-refractivity contribution in [1.82, 2.24) is 25.0 Å². The minimum atomic E-state index is 0.0794. The number of hydrogen-bond acceptors (Lipinski definition) is 5. The van der Waals surface area contributed by atoms with E-state index in [2.05, 4.69) is 20.4 Å². The SMILES string of the molecule is COc1ccc(-c2n[nH]c(=S)n2CCC(=O)NCC2(N3CCCCC3)CCCCC2)cc1. The molecule has 2 aliphatic rings. The molecule has 1 aliphatic carbocycles. The number of carbonyl (C=O) groups excluding carboxylic acids is 1. The molecular formula is C24H35N5O2S. The summed E-state index contributed by atoms with van der Waals surface area (Å²) in [6, 6.07) is 7.69. The number of rotatable bonds is 8. The van der Waals surface area contributed by atoms with Crippen molar-refractivity contribution in [2.24, 2.45) is 0 Å². The number of aromatic amines is 1. The Labute approximate surface area is 195 Å². The number of piperidine rings is 1. The largest absolute Gasteiger partial charge is 0.497 e. The number of nitrogens with zero attached hydrogens (tertiary/aromatic N) is 3. The predicted molar refractivity (Wildman–Crippen MR) is 128 cm³/mol. The number of amides is 1. The lowest BCUT2D eigenvalue weighted by Gasteiger charge is -2.48. The highest BCUT2D eigenvalue weighted by Crippen LogP contribution is 2.35. The zero-order chi connectivity index (χ0) is 22.4. The Morgan fingerprint density at radius 3 is 2.50 bits per heavy atom. The second kappa shape index (κ2) is 10.6. The van der Waals surface area contributed by atoms with Crippen LogP contribution in [0.5, 0.6) is 5.75 Å². The van der Waals surface area contributed by atoms with Gasteiger partial charge in [-0.05, 0) is 75.3 Å². The van der Waals surface area contributed by atoms with Crippen molar-refractivity contribution in [3.63, 3.8) is 0 Å². The van der Waals surface area contributed by atoms with Gasteiger partial charge in [0.1, 0.15) is 5.75 Å². The number of hydrogen-bond donors (Lipinski definition) is 2. The van der Waals surface area contributed by atoms with Crippen molar-refractivity contribution < 1.29 is 9.53 Å². The maximum Gasteiger partial charge on any atom is 0.221 e. The van der Waals surface area contributed by atoms with Crippen LogP contribution in [0.3, 0.4) is 0 Å². The van der Waals surface area contributed by atoms with Gasteiger partial charge in [-0.3, -0.25) is 19.4 Å². The van der Waals surface area contributed by atoms with Gasteiger partial charge in [-0.25, -0.2) is 0 Å². The predicted octanol–water partition coefficient (Wildman–Crippen LogP) is 4.31. The van der Waals surface area contributed by atoms with E-state index in [1.54, 1.807) is 7.11 Å². The number of nitrogens with one attached hydrogen (secondary N) is 2. The zero-order valence-corrected chi connectivity index (χ0v) is 19.9. The number of H-pyrrole nitrogens is 1. The highest BCUT2D eigenvalue weighted by molar-refractivity contribution is 7.71. The summed E-state index contributed by atoms with van der Waals surface area (Å²) in [5, 5.41) is 10.5. The lowest BCUT2D eigenvalue weighted by atomic mass is 9.79. The maximum absolute atomic E-state index is 12.8. The van der Waals surface area contributed by atoms with E-state index in [1.807, 2.05) is 28.8 Å². The monoisotopic (exact) mass is 457 g/mol. The molecule has 32 heavy (non-hydrogen) atoms. The van der Waals surface area contributed by atoms with Crippen LogP contribution in [-0.2, 0) is 11.3 Å². The van der Waals surface area contributed by atoms with Crippen LogP contribution in [0, 0.1) is 4.77 Å². The Bertz CT molecular complexity index is 940. The zero-order valence-electron chi connectivity index (χ0n) is 19.1. The third-order valence-corrected chi connectivity index (χ3v) is 7.41. The van der Waals surface area contributed by atoms with Crippen molar-refractivity contribution in [1.29, 1.82) is 0 Å². The number of ether oxygens (including phenoxy) is 1. The molecule has 0 spiro atoms. The quantitative estimate of drug-likeness (QED) is 0.578. The molecule has 1 saturated carbocycles.